The molecule has 2 aromatic carbocycles. The summed E-state index contributed by atoms with van der Waals surface area (Å²) in [5, 5.41) is 30.8. The number of carbonyl (C=O) groups is 2. The number of thioether (sulfide) groups is 1. The Balaban J connectivity index is 1.63. The van der Waals surface area contributed by atoms with Crippen LogP contribution in [0.5, 0.6) is 0 Å². The van der Waals surface area contributed by atoms with Crippen LogP contribution in [0, 0.1) is 0 Å². The van der Waals surface area contributed by atoms with E-state index in [0.717, 1.165) is 4.90 Å². The molecule has 7 nitrogen and oxygen atoms in total. The Bertz CT molecular complexity index is 1100. The second-order valence-electron chi connectivity index (χ2n) is 7.53. The highest BCUT2D eigenvalue weighted by Gasteiger charge is 2.50. The molecule has 5 atom stereocenters. The zero-order valence-corrected chi connectivity index (χ0v) is 16.7. The van der Waals surface area contributed by atoms with Crippen molar-refractivity contribution >= 4 is 34.7 Å². The molecule has 1 fully saturated rings. The van der Waals surface area contributed by atoms with Crippen molar-refractivity contribution in [1.82, 2.24) is 0 Å². The Morgan fingerprint density at radius 3 is 2.30 bits per heavy atom. The Morgan fingerprint density at radius 2 is 1.57 bits per heavy atom. The van der Waals surface area contributed by atoms with Gasteiger partial charge in [0.15, 0.2) is 6.23 Å². The standard InChI is InChI=1S/C22H19NO6S/c1-10-16(24)18(26)19(27)22(29-10)23-13-8-4-2-6-11(13)15(21(23)28)20-17(25)12-7-3-5-9-14(12)30-20/h2-10,16,18-19,22,24,26-27H,1H3/b20-15-/t10-,16-,18+,19+,22-/m0/s1. The summed E-state index contributed by atoms with van der Waals surface area (Å²) in [6.07, 6.45) is -6.25. The summed E-state index contributed by atoms with van der Waals surface area (Å²) in [5.41, 5.74) is 1.85. The fraction of sp³-hybridized carbons (Fsp3) is 0.273. The van der Waals surface area contributed by atoms with Crippen LogP contribution < -0.4 is 4.90 Å². The molecule has 8 heteroatoms. The zero-order valence-electron chi connectivity index (χ0n) is 15.9. The zero-order chi connectivity index (χ0) is 21.2. The number of Topliss-reactive ketones (excluding diaryl/α,β-unsaturated/α-hetero) is 1. The lowest BCUT2D eigenvalue weighted by Gasteiger charge is -2.42. The van der Waals surface area contributed by atoms with Crippen LogP contribution in [0.25, 0.3) is 5.57 Å². The summed E-state index contributed by atoms with van der Waals surface area (Å²) >= 11 is 1.25. The van der Waals surface area contributed by atoms with Crippen molar-refractivity contribution in [1.29, 1.82) is 0 Å². The molecule has 3 N–H and O–H groups in total. The number of hydrogen-bond acceptors (Lipinski definition) is 7. The number of ether oxygens (including phenoxy) is 1. The number of amides is 1. The van der Waals surface area contributed by atoms with Gasteiger partial charge < -0.3 is 20.1 Å². The molecule has 3 aliphatic heterocycles. The van der Waals surface area contributed by atoms with Crippen LogP contribution in [0.2, 0.25) is 0 Å². The van der Waals surface area contributed by atoms with E-state index in [0.29, 0.717) is 21.7 Å². The van der Waals surface area contributed by atoms with Crippen molar-refractivity contribution in [3.63, 3.8) is 0 Å². The predicted molar refractivity (Wildman–Crippen MR) is 110 cm³/mol. The van der Waals surface area contributed by atoms with Crippen LogP contribution in [-0.2, 0) is 9.53 Å². The molecular formula is C22H19NO6S. The first-order chi connectivity index (χ1) is 14.4. The Morgan fingerprint density at radius 1 is 0.900 bits per heavy atom. The summed E-state index contributed by atoms with van der Waals surface area (Å²) < 4.78 is 5.72. The summed E-state index contributed by atoms with van der Waals surface area (Å²) in [5.74, 6) is -0.704. The first-order valence-electron chi connectivity index (χ1n) is 9.58. The minimum absolute atomic E-state index is 0.218. The minimum atomic E-state index is -1.51. The smallest absolute Gasteiger partial charge is 0.262 e. The third-order valence-corrected chi connectivity index (χ3v) is 6.89. The monoisotopic (exact) mass is 425 g/mol. The maximum Gasteiger partial charge on any atom is 0.262 e. The molecule has 0 aliphatic carbocycles. The van der Waals surface area contributed by atoms with Crippen molar-refractivity contribution in [2.24, 2.45) is 0 Å². The van der Waals surface area contributed by atoms with Gasteiger partial charge in [0.25, 0.3) is 5.91 Å². The molecule has 30 heavy (non-hydrogen) atoms. The summed E-state index contributed by atoms with van der Waals surface area (Å²) in [7, 11) is 0. The number of ketones is 1. The molecule has 1 saturated heterocycles. The van der Waals surface area contributed by atoms with Crippen LogP contribution in [0.1, 0.15) is 22.8 Å². The highest BCUT2D eigenvalue weighted by molar-refractivity contribution is 8.05. The second-order valence-corrected chi connectivity index (χ2v) is 8.58. The van der Waals surface area contributed by atoms with Crippen molar-refractivity contribution in [2.75, 3.05) is 4.90 Å². The number of aliphatic hydroxyl groups excluding tert-OH is 3. The maximum atomic E-state index is 13.6. The number of benzene rings is 2. The third kappa shape index (κ3) is 2.69. The molecule has 3 aliphatic rings. The van der Waals surface area contributed by atoms with Gasteiger partial charge in [-0.3, -0.25) is 14.5 Å². The van der Waals surface area contributed by atoms with E-state index in [4.69, 9.17) is 4.74 Å². The van der Waals surface area contributed by atoms with Gasteiger partial charge >= 0.3 is 0 Å². The minimum Gasteiger partial charge on any atom is -0.388 e. The summed E-state index contributed by atoms with van der Waals surface area (Å²) in [4.78, 5) is 29.0. The third-order valence-electron chi connectivity index (χ3n) is 5.72. The van der Waals surface area contributed by atoms with Crippen LogP contribution in [0.4, 0.5) is 5.69 Å². The molecule has 3 heterocycles. The van der Waals surface area contributed by atoms with Crippen molar-refractivity contribution in [2.45, 2.75) is 42.5 Å². The van der Waals surface area contributed by atoms with Gasteiger partial charge in [-0.15, -0.1) is 0 Å². The van der Waals surface area contributed by atoms with Crippen molar-refractivity contribution in [3.05, 3.63) is 64.6 Å². The van der Waals surface area contributed by atoms with E-state index in [1.165, 1.54) is 16.7 Å². The maximum absolute atomic E-state index is 13.6. The van der Waals surface area contributed by atoms with Gasteiger partial charge in [-0.25, -0.2) is 0 Å². The number of hydrogen-bond donors (Lipinski definition) is 3. The fourth-order valence-electron chi connectivity index (χ4n) is 4.14. The molecule has 5 rings (SSSR count). The van der Waals surface area contributed by atoms with E-state index >= 15 is 0 Å². The average Bonchev–Trinajstić information content (AvgIpc) is 3.23. The molecule has 0 aromatic heterocycles. The number of anilines is 1. The van der Waals surface area contributed by atoms with Crippen LogP contribution in [-0.4, -0.2) is 57.7 Å². The molecule has 0 unspecified atom stereocenters. The quantitative estimate of drug-likeness (QED) is 0.595. The number of fused-ring (bicyclic) bond motifs is 2. The van der Waals surface area contributed by atoms with E-state index in [1.807, 2.05) is 12.1 Å². The average molecular weight is 425 g/mol. The van der Waals surface area contributed by atoms with E-state index in [1.54, 1.807) is 43.3 Å². The van der Waals surface area contributed by atoms with E-state index in [2.05, 4.69) is 0 Å². The van der Waals surface area contributed by atoms with Crippen molar-refractivity contribution in [3.8, 4) is 0 Å². The van der Waals surface area contributed by atoms with Crippen LogP contribution >= 0.6 is 11.8 Å². The second kappa shape index (κ2) is 7.04. The lowest BCUT2D eigenvalue weighted by molar-refractivity contribution is -0.216. The van der Waals surface area contributed by atoms with Gasteiger partial charge in [-0.1, -0.05) is 42.1 Å². The number of aliphatic hydroxyl groups is 3. The van der Waals surface area contributed by atoms with Crippen molar-refractivity contribution < 1.29 is 29.6 Å². The first-order valence-corrected chi connectivity index (χ1v) is 10.4. The van der Waals surface area contributed by atoms with Gasteiger partial charge in [-0.2, -0.15) is 0 Å². The molecule has 2 aromatic rings. The summed E-state index contributed by atoms with van der Waals surface area (Å²) in [6.45, 7) is 1.56. The Hall–Kier alpha value is -2.49. The number of rotatable bonds is 1. The molecule has 154 valence electrons. The highest BCUT2D eigenvalue weighted by atomic mass is 32.2. The van der Waals surface area contributed by atoms with Gasteiger partial charge in [0.05, 0.1) is 22.3 Å². The molecule has 1 amide bonds. The molecule has 0 saturated carbocycles. The fourth-order valence-corrected chi connectivity index (χ4v) is 5.28. The predicted octanol–water partition coefficient (Wildman–Crippen LogP) is 1.56. The number of allylic oxidation sites excluding steroid dienone is 1. The van der Waals surface area contributed by atoms with E-state index in [-0.39, 0.29) is 11.4 Å². The van der Waals surface area contributed by atoms with Gasteiger partial charge in [0.2, 0.25) is 5.78 Å². The normalized spacial score (nSPS) is 33.1. The highest BCUT2D eigenvalue weighted by Crippen LogP contribution is 2.49. The van der Waals surface area contributed by atoms with E-state index in [9.17, 15) is 24.9 Å². The lowest BCUT2D eigenvalue weighted by Crippen LogP contribution is -2.62. The molecule has 0 radical (unpaired) electrons. The molecule has 0 bridgehead atoms. The molecule has 0 spiro atoms. The largest absolute Gasteiger partial charge is 0.388 e. The lowest BCUT2D eigenvalue weighted by atomic mass is 9.98. The topological polar surface area (TPSA) is 107 Å². The Labute approximate surface area is 176 Å². The first kappa shape index (κ1) is 19.5. The van der Waals surface area contributed by atoms with Gasteiger partial charge in [0.1, 0.15) is 18.3 Å². The van der Waals surface area contributed by atoms with Gasteiger partial charge in [-0.05, 0) is 25.1 Å². The van der Waals surface area contributed by atoms with Gasteiger partial charge in [0, 0.05) is 16.0 Å². The van der Waals surface area contributed by atoms with Crippen LogP contribution in [0.15, 0.2) is 58.3 Å². The summed E-state index contributed by atoms with van der Waals surface area (Å²) in [6, 6.07) is 14.1. The number of para-hydroxylation sites is 1. The molecular weight excluding hydrogens is 406 g/mol. The number of nitrogens with zero attached hydrogens (tertiary/aromatic N) is 1. The SMILES string of the molecule is C[C@@H]1O[C@H](N2C(=O)/C(=C3\Sc4ccccc4C3=O)c3ccccc32)[C@H](O)[C@H](O)[C@H]1O. The van der Waals surface area contributed by atoms with Crippen LogP contribution in [0.3, 0.4) is 0 Å². The number of carbonyl (C=O) groups excluding carboxylic acids is 2. The Kier molecular flexibility index (Phi) is 4.57. The van der Waals surface area contributed by atoms with E-state index < -0.39 is 36.6 Å².